The molecule has 0 aliphatic heterocycles. The summed E-state index contributed by atoms with van der Waals surface area (Å²) in [4.78, 5) is 9.39. The molecule has 5 heteroatoms. The fraction of sp³-hybridized carbons (Fsp3) is 0.583. The van der Waals surface area contributed by atoms with Crippen LogP contribution in [-0.2, 0) is 6.42 Å². The van der Waals surface area contributed by atoms with Gasteiger partial charge < -0.3 is 10.4 Å². The number of hydrogen-bond acceptors (Lipinski definition) is 4. The minimum absolute atomic E-state index is 0.118. The number of pyridine rings is 2. The first-order valence-corrected chi connectivity index (χ1v) is 11.6. The number of aliphatic hydroxyl groups excluding tert-OH is 1. The van der Waals surface area contributed by atoms with Crippen LogP contribution < -0.4 is 5.32 Å². The van der Waals surface area contributed by atoms with Crippen LogP contribution in [0.2, 0.25) is 5.02 Å². The van der Waals surface area contributed by atoms with E-state index < -0.39 is 0 Å². The summed E-state index contributed by atoms with van der Waals surface area (Å²) in [5.41, 5.74) is 2.91. The largest absolute Gasteiger partial charge is 0.393 e. The monoisotopic (exact) mass is 413 g/mol. The molecule has 2 aliphatic carbocycles. The Bertz CT molecular complexity index is 798. The van der Waals surface area contributed by atoms with E-state index in [0.29, 0.717) is 10.9 Å². The minimum atomic E-state index is -0.118. The second-order valence-corrected chi connectivity index (χ2v) is 9.23. The van der Waals surface area contributed by atoms with Crippen LogP contribution in [0.15, 0.2) is 30.5 Å². The van der Waals surface area contributed by atoms with Crippen molar-refractivity contribution in [3.63, 3.8) is 0 Å². The molecule has 2 aromatic rings. The van der Waals surface area contributed by atoms with Crippen LogP contribution in [0.1, 0.15) is 63.5 Å². The average Bonchev–Trinajstić information content (AvgIpc) is 2.76. The molecule has 2 heterocycles. The zero-order valence-electron chi connectivity index (χ0n) is 17.1. The van der Waals surface area contributed by atoms with Crippen molar-refractivity contribution in [1.82, 2.24) is 9.97 Å². The molecular weight excluding hydrogens is 382 g/mol. The Morgan fingerprint density at radius 3 is 2.59 bits per heavy atom. The molecule has 0 amide bonds. The highest BCUT2D eigenvalue weighted by Crippen LogP contribution is 2.31. The van der Waals surface area contributed by atoms with Crippen LogP contribution in [0.3, 0.4) is 0 Å². The number of nitrogens with zero attached hydrogens (tertiary/aromatic N) is 2. The summed E-state index contributed by atoms with van der Waals surface area (Å²) in [6, 6.07) is 8.20. The third kappa shape index (κ3) is 5.70. The smallest absolute Gasteiger partial charge is 0.126 e. The highest BCUT2D eigenvalue weighted by atomic mass is 35.5. The summed E-state index contributed by atoms with van der Waals surface area (Å²) in [6.45, 7) is 0.999. The lowest BCUT2D eigenvalue weighted by molar-refractivity contribution is 0.108. The van der Waals surface area contributed by atoms with Gasteiger partial charge in [0.1, 0.15) is 5.82 Å². The Morgan fingerprint density at radius 1 is 1.00 bits per heavy atom. The summed E-state index contributed by atoms with van der Waals surface area (Å²) >= 11 is 6.49. The maximum Gasteiger partial charge on any atom is 0.126 e. The lowest BCUT2D eigenvalue weighted by Crippen LogP contribution is -2.19. The van der Waals surface area contributed by atoms with Gasteiger partial charge in [-0.05, 0) is 75.0 Å². The molecule has 2 N–H and O–H groups in total. The molecule has 0 unspecified atom stereocenters. The van der Waals surface area contributed by atoms with Crippen molar-refractivity contribution < 1.29 is 5.11 Å². The predicted molar refractivity (Wildman–Crippen MR) is 119 cm³/mol. The van der Waals surface area contributed by atoms with Gasteiger partial charge in [0.15, 0.2) is 0 Å². The minimum Gasteiger partial charge on any atom is -0.393 e. The van der Waals surface area contributed by atoms with E-state index in [2.05, 4.69) is 16.4 Å². The average molecular weight is 414 g/mol. The lowest BCUT2D eigenvalue weighted by atomic mass is 9.84. The van der Waals surface area contributed by atoms with Gasteiger partial charge in [-0.2, -0.15) is 0 Å². The van der Waals surface area contributed by atoms with Gasteiger partial charge in [0, 0.05) is 24.0 Å². The van der Waals surface area contributed by atoms with Crippen molar-refractivity contribution in [3.8, 4) is 11.3 Å². The molecule has 0 aromatic carbocycles. The van der Waals surface area contributed by atoms with Crippen LogP contribution in [0.25, 0.3) is 11.3 Å². The fourth-order valence-corrected chi connectivity index (χ4v) is 4.96. The summed E-state index contributed by atoms with van der Waals surface area (Å²) in [7, 11) is 0. The van der Waals surface area contributed by atoms with E-state index in [9.17, 15) is 5.11 Å². The van der Waals surface area contributed by atoms with Crippen LogP contribution in [-0.4, -0.2) is 27.7 Å². The van der Waals surface area contributed by atoms with Crippen molar-refractivity contribution >= 4 is 17.4 Å². The van der Waals surface area contributed by atoms with Crippen molar-refractivity contribution in [2.45, 2.75) is 70.3 Å². The molecule has 2 aliphatic rings. The molecule has 2 fully saturated rings. The Balaban J connectivity index is 1.44. The number of anilines is 1. The first-order chi connectivity index (χ1) is 14.2. The number of nitrogens with one attached hydrogen (secondary N) is 1. The lowest BCUT2D eigenvalue weighted by Gasteiger charge is -2.25. The Hall–Kier alpha value is -1.65. The Labute approximate surface area is 179 Å². The highest BCUT2D eigenvalue weighted by Gasteiger charge is 2.20. The number of hydrogen-bond donors (Lipinski definition) is 2. The zero-order valence-corrected chi connectivity index (χ0v) is 17.9. The SMILES string of the molecule is OC1CCC(Cc2cc(-c3cccc(NCC4CCCCC4)n3)c(Cl)cn2)CC1. The van der Waals surface area contributed by atoms with Gasteiger partial charge in [0.05, 0.1) is 16.8 Å². The third-order valence-electron chi connectivity index (χ3n) is 6.55. The van der Waals surface area contributed by atoms with Crippen LogP contribution in [0.4, 0.5) is 5.82 Å². The van der Waals surface area contributed by atoms with E-state index in [1.165, 1.54) is 32.1 Å². The Morgan fingerprint density at radius 2 is 1.79 bits per heavy atom. The van der Waals surface area contributed by atoms with Crippen molar-refractivity contribution in [2.24, 2.45) is 11.8 Å². The standard InChI is InChI=1S/C24H32ClN3O/c25-22-16-26-19(13-17-9-11-20(29)12-10-17)14-21(22)23-7-4-8-24(28-23)27-15-18-5-2-1-3-6-18/h4,7-8,14,16-18,20,29H,1-3,5-6,9-13,15H2,(H,27,28). The zero-order chi connectivity index (χ0) is 20.1. The van der Waals surface area contributed by atoms with Gasteiger partial charge in [-0.15, -0.1) is 0 Å². The van der Waals surface area contributed by atoms with E-state index in [0.717, 1.165) is 67.3 Å². The molecule has 156 valence electrons. The van der Waals surface area contributed by atoms with E-state index >= 15 is 0 Å². The molecule has 2 aromatic heterocycles. The van der Waals surface area contributed by atoms with Gasteiger partial charge in [-0.25, -0.2) is 4.98 Å². The van der Waals surface area contributed by atoms with Gasteiger partial charge in [-0.1, -0.05) is 36.9 Å². The van der Waals surface area contributed by atoms with E-state index in [4.69, 9.17) is 16.6 Å². The Kier molecular flexibility index (Phi) is 7.04. The maximum absolute atomic E-state index is 9.73. The molecule has 0 bridgehead atoms. The third-order valence-corrected chi connectivity index (χ3v) is 6.85. The van der Waals surface area contributed by atoms with E-state index in [1.807, 2.05) is 18.2 Å². The first kappa shape index (κ1) is 20.6. The molecule has 2 saturated carbocycles. The second-order valence-electron chi connectivity index (χ2n) is 8.83. The summed E-state index contributed by atoms with van der Waals surface area (Å²) < 4.78 is 0. The number of aromatic nitrogens is 2. The molecule has 29 heavy (non-hydrogen) atoms. The highest BCUT2D eigenvalue weighted by molar-refractivity contribution is 6.33. The summed E-state index contributed by atoms with van der Waals surface area (Å²) in [6.07, 6.45) is 13.3. The number of rotatable bonds is 6. The van der Waals surface area contributed by atoms with Crippen molar-refractivity contribution in [3.05, 3.63) is 41.2 Å². The fourth-order valence-electron chi connectivity index (χ4n) is 4.76. The van der Waals surface area contributed by atoms with Gasteiger partial charge in [-0.3, -0.25) is 4.98 Å². The number of halogens is 1. The van der Waals surface area contributed by atoms with Crippen LogP contribution in [0.5, 0.6) is 0 Å². The molecule has 0 spiro atoms. The molecule has 0 radical (unpaired) electrons. The van der Waals surface area contributed by atoms with Gasteiger partial charge in [0.2, 0.25) is 0 Å². The van der Waals surface area contributed by atoms with Crippen LogP contribution in [0, 0.1) is 11.8 Å². The molecule has 0 atom stereocenters. The summed E-state index contributed by atoms with van der Waals surface area (Å²) in [5.74, 6) is 2.28. The molecular formula is C24H32ClN3O. The molecule has 4 rings (SSSR count). The summed E-state index contributed by atoms with van der Waals surface area (Å²) in [5, 5.41) is 13.9. The topological polar surface area (TPSA) is 58.0 Å². The van der Waals surface area contributed by atoms with E-state index in [-0.39, 0.29) is 6.10 Å². The maximum atomic E-state index is 9.73. The van der Waals surface area contributed by atoms with Crippen LogP contribution >= 0.6 is 11.6 Å². The van der Waals surface area contributed by atoms with Gasteiger partial charge in [0.25, 0.3) is 0 Å². The molecule has 4 nitrogen and oxygen atoms in total. The normalized spacial score (nSPS) is 23.1. The van der Waals surface area contributed by atoms with Crippen molar-refractivity contribution in [2.75, 3.05) is 11.9 Å². The predicted octanol–water partition coefficient (Wildman–Crippen LogP) is 5.88. The van der Waals surface area contributed by atoms with Gasteiger partial charge >= 0.3 is 0 Å². The van der Waals surface area contributed by atoms with E-state index in [1.54, 1.807) is 6.20 Å². The quantitative estimate of drug-likeness (QED) is 0.620. The first-order valence-electron chi connectivity index (χ1n) is 11.2. The molecule has 0 saturated heterocycles. The van der Waals surface area contributed by atoms with Crippen molar-refractivity contribution in [1.29, 1.82) is 0 Å². The number of aliphatic hydroxyl groups is 1. The second kappa shape index (κ2) is 9.90.